The third-order valence-corrected chi connectivity index (χ3v) is 3.49. The summed E-state index contributed by atoms with van der Waals surface area (Å²) in [5, 5.41) is 9.22. The minimum Gasteiger partial charge on any atom is -0.481 e. The highest BCUT2D eigenvalue weighted by molar-refractivity contribution is 5.80. The monoisotopic (exact) mass is 254 g/mol. The molecule has 2 rings (SSSR count). The van der Waals surface area contributed by atoms with Gasteiger partial charge < -0.3 is 5.11 Å². The van der Waals surface area contributed by atoms with Gasteiger partial charge in [0.05, 0.1) is 5.41 Å². The second-order valence-electron chi connectivity index (χ2n) is 5.38. The average Bonchev–Trinajstić information content (AvgIpc) is 2.38. The first-order valence-corrected chi connectivity index (χ1v) is 6.32. The number of carboxylic acid groups (broad SMARTS) is 1. The molecule has 0 amide bonds. The maximum absolute atomic E-state index is 11.2. The van der Waals surface area contributed by atoms with Crippen LogP contribution in [0.4, 0.5) is 0 Å². The van der Waals surface area contributed by atoms with Crippen molar-refractivity contribution in [2.75, 3.05) is 0 Å². The van der Waals surface area contributed by atoms with Crippen LogP contribution in [0.5, 0.6) is 0 Å². The molecule has 0 saturated heterocycles. The Morgan fingerprint density at radius 1 is 1.00 bits per heavy atom. The van der Waals surface area contributed by atoms with Crippen LogP contribution in [0.25, 0.3) is 11.1 Å². The lowest BCUT2D eigenvalue weighted by molar-refractivity contribution is -0.142. The molecule has 98 valence electrons. The van der Waals surface area contributed by atoms with Gasteiger partial charge in [-0.05, 0) is 37.5 Å². The van der Waals surface area contributed by atoms with E-state index in [1.807, 2.05) is 30.3 Å². The van der Waals surface area contributed by atoms with Gasteiger partial charge in [-0.25, -0.2) is 0 Å². The Kier molecular flexibility index (Phi) is 3.43. The number of rotatable bonds is 3. The van der Waals surface area contributed by atoms with Crippen molar-refractivity contribution in [2.45, 2.75) is 26.2 Å². The standard InChI is InChI=1S/C17H18O2/c1-12-5-4-6-14(11-12)13-7-9-15(10-8-13)17(2,3)16(18)19/h4-11H,1-3H3,(H,18,19). The van der Waals surface area contributed by atoms with Crippen molar-refractivity contribution < 1.29 is 9.90 Å². The summed E-state index contributed by atoms with van der Waals surface area (Å²) in [5.41, 5.74) is 3.43. The van der Waals surface area contributed by atoms with Crippen LogP contribution in [0.2, 0.25) is 0 Å². The molecule has 0 spiro atoms. The molecule has 0 aliphatic heterocycles. The summed E-state index contributed by atoms with van der Waals surface area (Å²) in [6, 6.07) is 16.0. The van der Waals surface area contributed by atoms with Crippen molar-refractivity contribution in [3.05, 3.63) is 59.7 Å². The molecule has 0 heterocycles. The molecular formula is C17H18O2. The van der Waals surface area contributed by atoms with Crippen molar-refractivity contribution in [2.24, 2.45) is 0 Å². The van der Waals surface area contributed by atoms with E-state index in [9.17, 15) is 9.90 Å². The van der Waals surface area contributed by atoms with Gasteiger partial charge in [0.2, 0.25) is 0 Å². The first-order valence-electron chi connectivity index (χ1n) is 6.32. The Balaban J connectivity index is 2.36. The van der Waals surface area contributed by atoms with Gasteiger partial charge in [-0.3, -0.25) is 4.79 Å². The fourth-order valence-electron chi connectivity index (χ4n) is 2.03. The smallest absolute Gasteiger partial charge is 0.313 e. The topological polar surface area (TPSA) is 37.3 Å². The Morgan fingerprint density at radius 2 is 1.63 bits per heavy atom. The lowest BCUT2D eigenvalue weighted by Gasteiger charge is -2.19. The van der Waals surface area contributed by atoms with E-state index in [1.165, 1.54) is 5.56 Å². The Morgan fingerprint density at radius 3 is 2.16 bits per heavy atom. The minimum atomic E-state index is -0.856. The summed E-state index contributed by atoms with van der Waals surface area (Å²) in [5.74, 6) is -0.809. The van der Waals surface area contributed by atoms with Crippen LogP contribution in [-0.4, -0.2) is 11.1 Å². The summed E-state index contributed by atoms with van der Waals surface area (Å²) in [4.78, 5) is 11.2. The molecule has 2 heteroatoms. The lowest BCUT2D eigenvalue weighted by atomic mass is 9.84. The van der Waals surface area contributed by atoms with Gasteiger partial charge in [-0.1, -0.05) is 54.1 Å². The second kappa shape index (κ2) is 4.88. The quantitative estimate of drug-likeness (QED) is 0.898. The van der Waals surface area contributed by atoms with Gasteiger partial charge in [0.1, 0.15) is 0 Å². The van der Waals surface area contributed by atoms with E-state index in [0.29, 0.717) is 0 Å². The van der Waals surface area contributed by atoms with Crippen molar-refractivity contribution in [1.29, 1.82) is 0 Å². The Hall–Kier alpha value is -2.09. The highest BCUT2D eigenvalue weighted by atomic mass is 16.4. The maximum Gasteiger partial charge on any atom is 0.313 e. The molecule has 2 aromatic carbocycles. The van der Waals surface area contributed by atoms with Crippen molar-refractivity contribution >= 4 is 5.97 Å². The van der Waals surface area contributed by atoms with Gasteiger partial charge in [-0.2, -0.15) is 0 Å². The highest BCUT2D eigenvalue weighted by Gasteiger charge is 2.29. The molecule has 0 fully saturated rings. The van der Waals surface area contributed by atoms with Crippen LogP contribution in [0.3, 0.4) is 0 Å². The fourth-order valence-corrected chi connectivity index (χ4v) is 2.03. The van der Waals surface area contributed by atoms with Crippen LogP contribution >= 0.6 is 0 Å². The van der Waals surface area contributed by atoms with Crippen LogP contribution in [0.15, 0.2) is 48.5 Å². The van der Waals surface area contributed by atoms with Crippen LogP contribution in [0, 0.1) is 6.92 Å². The van der Waals surface area contributed by atoms with E-state index in [2.05, 4.69) is 25.1 Å². The average molecular weight is 254 g/mol. The number of hydrogen-bond donors (Lipinski definition) is 1. The van der Waals surface area contributed by atoms with Crippen LogP contribution in [0.1, 0.15) is 25.0 Å². The number of carboxylic acids is 1. The molecule has 0 aliphatic rings. The highest BCUT2D eigenvalue weighted by Crippen LogP contribution is 2.27. The normalized spacial score (nSPS) is 11.3. The molecule has 0 saturated carbocycles. The van der Waals surface area contributed by atoms with Gasteiger partial charge >= 0.3 is 5.97 Å². The number of carbonyl (C=O) groups is 1. The molecule has 1 N–H and O–H groups in total. The molecule has 2 aromatic rings. The zero-order chi connectivity index (χ0) is 14.0. The van der Waals surface area contributed by atoms with Gasteiger partial charge in [0, 0.05) is 0 Å². The summed E-state index contributed by atoms with van der Waals surface area (Å²) < 4.78 is 0. The largest absolute Gasteiger partial charge is 0.481 e. The molecule has 19 heavy (non-hydrogen) atoms. The first-order chi connectivity index (χ1) is 8.91. The van der Waals surface area contributed by atoms with E-state index in [1.54, 1.807) is 13.8 Å². The van der Waals surface area contributed by atoms with Crippen molar-refractivity contribution in [1.82, 2.24) is 0 Å². The number of aryl methyl sites for hydroxylation is 1. The van der Waals surface area contributed by atoms with Gasteiger partial charge in [0.15, 0.2) is 0 Å². The third-order valence-electron chi connectivity index (χ3n) is 3.49. The maximum atomic E-state index is 11.2. The predicted molar refractivity (Wildman–Crippen MR) is 77.3 cm³/mol. The van der Waals surface area contributed by atoms with Crippen molar-refractivity contribution in [3.63, 3.8) is 0 Å². The number of aliphatic carboxylic acids is 1. The predicted octanol–water partition coefficient (Wildman–Crippen LogP) is 4.02. The first kappa shape index (κ1) is 13.3. The number of benzene rings is 2. The van der Waals surface area contributed by atoms with Crippen molar-refractivity contribution in [3.8, 4) is 11.1 Å². The fraction of sp³-hybridized carbons (Fsp3) is 0.235. The lowest BCUT2D eigenvalue weighted by Crippen LogP contribution is -2.28. The molecular weight excluding hydrogens is 236 g/mol. The third kappa shape index (κ3) is 2.68. The molecule has 2 nitrogen and oxygen atoms in total. The summed E-state index contributed by atoms with van der Waals surface area (Å²) >= 11 is 0. The van der Waals surface area contributed by atoms with E-state index in [-0.39, 0.29) is 0 Å². The summed E-state index contributed by atoms with van der Waals surface area (Å²) in [7, 11) is 0. The van der Waals surface area contributed by atoms with E-state index < -0.39 is 11.4 Å². The number of hydrogen-bond acceptors (Lipinski definition) is 1. The molecule has 0 radical (unpaired) electrons. The summed E-state index contributed by atoms with van der Waals surface area (Å²) in [6.45, 7) is 5.50. The zero-order valence-corrected chi connectivity index (χ0v) is 11.5. The van der Waals surface area contributed by atoms with Gasteiger partial charge in [-0.15, -0.1) is 0 Å². The van der Waals surface area contributed by atoms with E-state index >= 15 is 0 Å². The Bertz CT molecular complexity index is 595. The Labute approximate surface area is 113 Å². The molecule has 0 atom stereocenters. The SMILES string of the molecule is Cc1cccc(-c2ccc(C(C)(C)C(=O)O)cc2)c1. The zero-order valence-electron chi connectivity index (χ0n) is 11.5. The van der Waals surface area contributed by atoms with E-state index in [0.717, 1.165) is 16.7 Å². The molecule has 0 aliphatic carbocycles. The van der Waals surface area contributed by atoms with E-state index in [4.69, 9.17) is 0 Å². The minimum absolute atomic E-state index is 0.809. The molecule has 0 bridgehead atoms. The van der Waals surface area contributed by atoms with Gasteiger partial charge in [0.25, 0.3) is 0 Å². The molecule has 0 unspecified atom stereocenters. The summed E-state index contributed by atoms with van der Waals surface area (Å²) in [6.07, 6.45) is 0. The molecule has 0 aromatic heterocycles. The van der Waals surface area contributed by atoms with Crippen LogP contribution < -0.4 is 0 Å². The van der Waals surface area contributed by atoms with Crippen LogP contribution in [-0.2, 0) is 10.2 Å². The second-order valence-corrected chi connectivity index (χ2v) is 5.38.